The molecule has 0 saturated carbocycles. The van der Waals surface area contributed by atoms with Gasteiger partial charge in [0.1, 0.15) is 0 Å². The van der Waals surface area contributed by atoms with Gasteiger partial charge < -0.3 is 0 Å². The molecule has 2 aromatic rings. The van der Waals surface area contributed by atoms with E-state index < -0.39 is 0 Å². The van der Waals surface area contributed by atoms with Crippen molar-refractivity contribution in [2.75, 3.05) is 0 Å². The van der Waals surface area contributed by atoms with Crippen molar-refractivity contribution >= 4 is 0 Å². The van der Waals surface area contributed by atoms with E-state index in [1.807, 2.05) is 0 Å². The van der Waals surface area contributed by atoms with Gasteiger partial charge in [-0.15, -0.1) is 0 Å². The number of fused-ring (bicyclic) bond motifs is 5. The number of aryl methyl sites for hydroxylation is 3. The van der Waals surface area contributed by atoms with Gasteiger partial charge in [-0.05, 0) is 60.8 Å². The summed E-state index contributed by atoms with van der Waals surface area (Å²) in [5.41, 5.74) is 8.86. The monoisotopic (exact) mass is 235 g/mol. The van der Waals surface area contributed by atoms with E-state index in [9.17, 15) is 0 Å². The van der Waals surface area contributed by atoms with Crippen molar-refractivity contribution in [3.8, 4) is 11.1 Å². The Balaban J connectivity index is 2.01. The Labute approximate surface area is 108 Å². The Bertz CT molecular complexity index is 613. The van der Waals surface area contributed by atoms with Crippen LogP contribution in [0, 0.1) is 0 Å². The van der Waals surface area contributed by atoms with Crippen molar-refractivity contribution < 1.29 is 0 Å². The molecule has 1 aromatic heterocycles. The number of rotatable bonds is 0. The summed E-state index contributed by atoms with van der Waals surface area (Å²) in [4.78, 5) is 4.73. The van der Waals surface area contributed by atoms with Gasteiger partial charge in [-0.2, -0.15) is 0 Å². The van der Waals surface area contributed by atoms with Crippen LogP contribution in [0.5, 0.6) is 0 Å². The zero-order chi connectivity index (χ0) is 11.9. The van der Waals surface area contributed by atoms with Crippen LogP contribution in [-0.4, -0.2) is 4.98 Å². The van der Waals surface area contributed by atoms with Gasteiger partial charge in [0.05, 0.1) is 0 Å². The molecule has 0 unspecified atom stereocenters. The summed E-state index contributed by atoms with van der Waals surface area (Å²) in [6, 6.07) is 8.88. The van der Waals surface area contributed by atoms with Gasteiger partial charge in [0, 0.05) is 17.5 Å². The van der Waals surface area contributed by atoms with E-state index >= 15 is 0 Å². The highest BCUT2D eigenvalue weighted by Crippen LogP contribution is 2.38. The van der Waals surface area contributed by atoms with Crippen LogP contribution < -0.4 is 0 Å². The topological polar surface area (TPSA) is 12.9 Å². The fraction of sp³-hybridized carbons (Fsp3) is 0.353. The lowest BCUT2D eigenvalue weighted by Crippen LogP contribution is -2.13. The summed E-state index contributed by atoms with van der Waals surface area (Å²) in [6.45, 7) is 0. The summed E-state index contributed by atoms with van der Waals surface area (Å²) in [5.74, 6) is 0. The molecule has 0 N–H and O–H groups in total. The van der Waals surface area contributed by atoms with Crippen LogP contribution >= 0.6 is 0 Å². The van der Waals surface area contributed by atoms with Gasteiger partial charge in [-0.1, -0.05) is 24.3 Å². The summed E-state index contributed by atoms with van der Waals surface area (Å²) >= 11 is 0. The van der Waals surface area contributed by atoms with Gasteiger partial charge in [0.15, 0.2) is 0 Å². The summed E-state index contributed by atoms with van der Waals surface area (Å²) in [6.07, 6.45) is 9.53. The first-order valence-corrected chi connectivity index (χ1v) is 7.01. The molecule has 0 atom stereocenters. The fourth-order valence-electron chi connectivity index (χ4n) is 3.49. The quantitative estimate of drug-likeness (QED) is 0.678. The van der Waals surface area contributed by atoms with Crippen LogP contribution in [0.4, 0.5) is 0 Å². The fourth-order valence-corrected chi connectivity index (χ4v) is 3.49. The summed E-state index contributed by atoms with van der Waals surface area (Å²) < 4.78 is 0. The zero-order valence-corrected chi connectivity index (χ0v) is 10.6. The third-order valence-electron chi connectivity index (χ3n) is 4.39. The first-order valence-electron chi connectivity index (χ1n) is 7.01. The Morgan fingerprint density at radius 1 is 0.833 bits per heavy atom. The molecule has 1 heterocycles. The Kier molecular flexibility index (Phi) is 2.26. The van der Waals surface area contributed by atoms with E-state index in [0.717, 1.165) is 12.8 Å². The first-order chi connectivity index (χ1) is 8.93. The average molecular weight is 235 g/mol. The molecule has 0 amide bonds. The lowest BCUT2D eigenvalue weighted by Gasteiger charge is -2.26. The Hall–Kier alpha value is -1.63. The summed E-state index contributed by atoms with van der Waals surface area (Å²) in [5, 5.41) is 0. The Morgan fingerprint density at radius 3 is 2.72 bits per heavy atom. The maximum Gasteiger partial charge on any atom is 0.0488 e. The lowest BCUT2D eigenvalue weighted by atomic mass is 9.80. The normalized spacial score (nSPS) is 16.7. The van der Waals surface area contributed by atoms with Crippen LogP contribution in [-0.2, 0) is 25.7 Å². The van der Waals surface area contributed by atoms with Crippen molar-refractivity contribution in [3.05, 3.63) is 52.8 Å². The molecule has 1 heteroatoms. The summed E-state index contributed by atoms with van der Waals surface area (Å²) in [7, 11) is 0. The standard InChI is InChI=1S/C17H17N/c1-3-7-14-12(5-1)9-10-16-17(14)15-8-4-2-6-13(15)11-18-16/h1,3,5,7,11H,2,4,6,8-10H2. The van der Waals surface area contributed by atoms with Gasteiger partial charge >= 0.3 is 0 Å². The van der Waals surface area contributed by atoms with Gasteiger partial charge in [0.2, 0.25) is 0 Å². The van der Waals surface area contributed by atoms with E-state index in [2.05, 4.69) is 30.5 Å². The highest BCUT2D eigenvalue weighted by atomic mass is 14.7. The number of pyridine rings is 1. The third kappa shape index (κ3) is 1.43. The number of aromatic nitrogens is 1. The molecule has 2 aliphatic rings. The van der Waals surface area contributed by atoms with Gasteiger partial charge in [-0.3, -0.25) is 4.98 Å². The molecular weight excluding hydrogens is 218 g/mol. The van der Waals surface area contributed by atoms with Crippen molar-refractivity contribution in [1.29, 1.82) is 0 Å². The van der Waals surface area contributed by atoms with Gasteiger partial charge in [0.25, 0.3) is 0 Å². The van der Waals surface area contributed by atoms with E-state index in [1.54, 1.807) is 5.56 Å². The lowest BCUT2D eigenvalue weighted by molar-refractivity contribution is 0.679. The average Bonchev–Trinajstić information content (AvgIpc) is 2.46. The number of nitrogens with zero attached hydrogens (tertiary/aromatic N) is 1. The maximum absolute atomic E-state index is 4.73. The molecule has 0 spiro atoms. The maximum atomic E-state index is 4.73. The first kappa shape index (κ1) is 10.3. The second kappa shape index (κ2) is 3.94. The zero-order valence-electron chi connectivity index (χ0n) is 10.6. The van der Waals surface area contributed by atoms with E-state index in [4.69, 9.17) is 4.98 Å². The molecule has 0 saturated heterocycles. The molecule has 90 valence electrons. The predicted molar refractivity (Wildman–Crippen MR) is 73.7 cm³/mol. The highest BCUT2D eigenvalue weighted by molar-refractivity contribution is 5.76. The molecule has 1 aromatic carbocycles. The second-order valence-corrected chi connectivity index (χ2v) is 5.45. The van der Waals surface area contributed by atoms with Crippen LogP contribution in [0.3, 0.4) is 0 Å². The minimum absolute atomic E-state index is 1.11. The SMILES string of the molecule is c1ccc2c(c1)CCc1ncc3c(c1-2)CCCC3. The molecule has 4 rings (SSSR count). The van der Waals surface area contributed by atoms with Crippen LogP contribution in [0.2, 0.25) is 0 Å². The number of hydrogen-bond donors (Lipinski definition) is 0. The van der Waals surface area contributed by atoms with Crippen LogP contribution in [0.1, 0.15) is 35.2 Å². The molecule has 18 heavy (non-hydrogen) atoms. The van der Waals surface area contributed by atoms with E-state index in [-0.39, 0.29) is 0 Å². The molecule has 0 bridgehead atoms. The van der Waals surface area contributed by atoms with Crippen molar-refractivity contribution in [2.24, 2.45) is 0 Å². The smallest absolute Gasteiger partial charge is 0.0488 e. The van der Waals surface area contributed by atoms with Crippen molar-refractivity contribution in [3.63, 3.8) is 0 Å². The molecular formula is C17H17N. The molecule has 0 aliphatic heterocycles. The minimum Gasteiger partial charge on any atom is -0.260 e. The van der Waals surface area contributed by atoms with E-state index in [1.165, 1.54) is 53.6 Å². The van der Waals surface area contributed by atoms with Crippen molar-refractivity contribution in [1.82, 2.24) is 4.98 Å². The second-order valence-electron chi connectivity index (χ2n) is 5.45. The van der Waals surface area contributed by atoms with Crippen LogP contribution in [0.25, 0.3) is 11.1 Å². The molecule has 0 fully saturated rings. The van der Waals surface area contributed by atoms with Gasteiger partial charge in [-0.25, -0.2) is 0 Å². The molecule has 2 aliphatic carbocycles. The van der Waals surface area contributed by atoms with Crippen molar-refractivity contribution in [2.45, 2.75) is 38.5 Å². The predicted octanol–water partition coefficient (Wildman–Crippen LogP) is 3.73. The number of benzene rings is 1. The Morgan fingerprint density at radius 2 is 1.72 bits per heavy atom. The minimum atomic E-state index is 1.11. The van der Waals surface area contributed by atoms with E-state index in [0.29, 0.717) is 0 Å². The molecule has 1 nitrogen and oxygen atoms in total. The molecule has 0 radical (unpaired) electrons. The highest BCUT2D eigenvalue weighted by Gasteiger charge is 2.23. The third-order valence-corrected chi connectivity index (χ3v) is 4.39. The largest absolute Gasteiger partial charge is 0.260 e. The van der Waals surface area contributed by atoms with Crippen LogP contribution in [0.15, 0.2) is 30.5 Å². The number of hydrogen-bond acceptors (Lipinski definition) is 1.